The Balaban J connectivity index is 1.20. The summed E-state index contributed by atoms with van der Waals surface area (Å²) >= 11 is 0. The number of carbonyl (C=O) groups excluding carboxylic acids is 1. The van der Waals surface area contributed by atoms with Gasteiger partial charge in [-0.15, -0.1) is 0 Å². The van der Waals surface area contributed by atoms with Crippen LogP contribution < -0.4 is 0 Å². The Labute approximate surface area is 262 Å². The van der Waals surface area contributed by atoms with Gasteiger partial charge in [0.2, 0.25) is 0 Å². The third-order valence-electron chi connectivity index (χ3n) is 14.9. The first-order chi connectivity index (χ1) is 20.6. The third kappa shape index (κ3) is 4.11. The van der Waals surface area contributed by atoms with Gasteiger partial charge in [0, 0.05) is 25.9 Å². The molecule has 250 valence electrons. The quantitative estimate of drug-likeness (QED) is 0.307. The fraction of sp³-hybridized carbons (Fsp3) is 0.971. The van der Waals surface area contributed by atoms with E-state index in [9.17, 15) is 20.1 Å². The van der Waals surface area contributed by atoms with Crippen LogP contribution in [0.2, 0.25) is 0 Å². The number of aliphatic hydroxyl groups is 3. The largest absolute Gasteiger partial charge is 0.462 e. The summed E-state index contributed by atoms with van der Waals surface area (Å²) in [6, 6.07) is 0. The van der Waals surface area contributed by atoms with Crippen LogP contribution in [0.5, 0.6) is 0 Å². The fourth-order valence-corrected chi connectivity index (χ4v) is 13.2. The summed E-state index contributed by atoms with van der Waals surface area (Å²) in [4.78, 5) is 12.7. The smallest absolute Gasteiger partial charge is 0.302 e. The van der Waals surface area contributed by atoms with Crippen LogP contribution >= 0.6 is 0 Å². The van der Waals surface area contributed by atoms with Crippen molar-refractivity contribution in [2.75, 3.05) is 13.2 Å². The van der Waals surface area contributed by atoms with Crippen molar-refractivity contribution < 1.29 is 43.8 Å². The van der Waals surface area contributed by atoms with E-state index in [0.717, 1.165) is 38.5 Å². The molecule has 0 aromatic carbocycles. The summed E-state index contributed by atoms with van der Waals surface area (Å²) in [7, 11) is 0. The number of aliphatic hydroxyl groups excluding tert-OH is 3. The molecular formula is C35H56O9. The Morgan fingerprint density at radius 1 is 0.977 bits per heavy atom. The maximum atomic E-state index is 12.7. The lowest BCUT2D eigenvalue weighted by atomic mass is 9.41. The van der Waals surface area contributed by atoms with Crippen LogP contribution in [0.25, 0.3) is 0 Å². The SMILES string of the molecule is CCO[C@H]1C[C@@H](C)[C@H]2[C@H](C[C@@]3(C)[C@H]4C[C@H](OC(C)=O)[C@H]5C(C)(C)[C@@H](O[C@@H]6OC[C@@H](O)[C@H](O)[C@@H]6O)CC[C@@]56C[C@@]46CC[C@]23C)O1. The van der Waals surface area contributed by atoms with Crippen molar-refractivity contribution in [2.45, 2.75) is 149 Å². The second-order valence-electron chi connectivity index (χ2n) is 17.0. The molecule has 7 aliphatic rings. The predicted octanol–water partition coefficient (Wildman–Crippen LogP) is 4.19. The van der Waals surface area contributed by atoms with Crippen LogP contribution in [0.3, 0.4) is 0 Å². The lowest BCUT2D eigenvalue weighted by Gasteiger charge is -2.64. The minimum Gasteiger partial charge on any atom is -0.462 e. The van der Waals surface area contributed by atoms with Crippen molar-refractivity contribution in [3.05, 3.63) is 0 Å². The standard InChI is InChI=1S/C35H56O9/c1-8-40-25-13-18(2)26-22(43-25)15-33(7)23-14-21(42-19(3)36)29-31(4,5)24(44-30-28(39)27(38)20(37)16-41-30)9-10-35(29)17-34(23,35)12-11-32(26,33)6/h18,20-30,37-39H,8-17H2,1-7H3/t18-,20-,21+,22+,23-,24+,25-,26+,27+,28+,29+,30+,32-,33+,34+,35-/m1/s1. The first kappa shape index (κ1) is 31.8. The highest BCUT2D eigenvalue weighted by Crippen LogP contribution is 2.89. The highest BCUT2D eigenvalue weighted by atomic mass is 16.7. The molecule has 2 saturated heterocycles. The van der Waals surface area contributed by atoms with E-state index in [4.69, 9.17) is 23.7 Å². The lowest BCUT2D eigenvalue weighted by molar-refractivity contribution is -0.307. The Morgan fingerprint density at radius 2 is 1.73 bits per heavy atom. The first-order valence-corrected chi connectivity index (χ1v) is 17.4. The molecule has 3 N–H and O–H groups in total. The molecule has 44 heavy (non-hydrogen) atoms. The topological polar surface area (TPSA) is 124 Å². The Hall–Kier alpha value is -0.810. The molecule has 2 spiro atoms. The van der Waals surface area contributed by atoms with Crippen LogP contribution in [-0.4, -0.2) is 83.7 Å². The second-order valence-corrected chi connectivity index (χ2v) is 17.0. The van der Waals surface area contributed by atoms with Crippen LogP contribution in [0.15, 0.2) is 0 Å². The number of carbonyl (C=O) groups is 1. The van der Waals surface area contributed by atoms with Gasteiger partial charge in [-0.2, -0.15) is 0 Å². The van der Waals surface area contributed by atoms with Crippen LogP contribution in [0.4, 0.5) is 0 Å². The number of hydrogen-bond donors (Lipinski definition) is 3. The summed E-state index contributed by atoms with van der Waals surface area (Å²) < 4.78 is 31.2. The summed E-state index contributed by atoms with van der Waals surface area (Å²) in [5.74, 6) is 1.34. The maximum absolute atomic E-state index is 12.7. The summed E-state index contributed by atoms with van der Waals surface area (Å²) in [5, 5.41) is 30.9. The van der Waals surface area contributed by atoms with E-state index in [-0.39, 0.29) is 70.2 Å². The number of esters is 1. The Morgan fingerprint density at radius 3 is 2.43 bits per heavy atom. The molecule has 7 fully saturated rings. The number of rotatable bonds is 5. The van der Waals surface area contributed by atoms with E-state index in [1.54, 1.807) is 0 Å². The van der Waals surface area contributed by atoms with Crippen molar-refractivity contribution >= 4 is 5.97 Å². The van der Waals surface area contributed by atoms with Gasteiger partial charge in [0.1, 0.15) is 24.4 Å². The van der Waals surface area contributed by atoms with Crippen molar-refractivity contribution in [2.24, 2.45) is 50.7 Å². The van der Waals surface area contributed by atoms with E-state index in [2.05, 4.69) is 34.6 Å². The molecular weight excluding hydrogens is 564 g/mol. The molecule has 0 radical (unpaired) electrons. The number of fused-ring (bicyclic) bond motifs is 4. The van der Waals surface area contributed by atoms with Gasteiger partial charge in [-0.3, -0.25) is 4.79 Å². The van der Waals surface area contributed by atoms with Gasteiger partial charge in [0.05, 0.1) is 18.8 Å². The second kappa shape index (κ2) is 10.3. The highest BCUT2D eigenvalue weighted by molar-refractivity contribution is 5.66. The van der Waals surface area contributed by atoms with Gasteiger partial charge in [-0.1, -0.05) is 34.6 Å². The van der Waals surface area contributed by atoms with Gasteiger partial charge < -0.3 is 39.0 Å². The lowest BCUT2D eigenvalue weighted by Crippen LogP contribution is -2.63. The average Bonchev–Trinajstić information content (AvgIpc) is 3.52. The molecule has 7 rings (SSSR count). The van der Waals surface area contributed by atoms with Crippen molar-refractivity contribution in [3.63, 3.8) is 0 Å². The van der Waals surface area contributed by atoms with Gasteiger partial charge in [-0.05, 0) is 96.7 Å². The Kier molecular flexibility index (Phi) is 7.47. The zero-order valence-corrected chi connectivity index (χ0v) is 27.8. The van der Waals surface area contributed by atoms with Gasteiger partial charge in [0.25, 0.3) is 0 Å². The molecule has 0 amide bonds. The zero-order valence-electron chi connectivity index (χ0n) is 27.8. The fourth-order valence-electron chi connectivity index (χ4n) is 13.2. The van der Waals surface area contributed by atoms with Crippen molar-refractivity contribution in [1.82, 2.24) is 0 Å². The molecule has 9 heteroatoms. The third-order valence-corrected chi connectivity index (χ3v) is 14.9. The van der Waals surface area contributed by atoms with Gasteiger partial charge in [-0.25, -0.2) is 0 Å². The molecule has 5 saturated carbocycles. The highest BCUT2D eigenvalue weighted by Gasteiger charge is 2.85. The van der Waals surface area contributed by atoms with E-state index < -0.39 is 24.6 Å². The molecule has 0 aromatic heterocycles. The molecule has 0 unspecified atom stereocenters. The van der Waals surface area contributed by atoms with E-state index >= 15 is 0 Å². The van der Waals surface area contributed by atoms with Gasteiger partial charge in [0.15, 0.2) is 12.6 Å². The summed E-state index contributed by atoms with van der Waals surface area (Å²) in [6.07, 6.45) is 2.98. The minimum absolute atomic E-state index is 0.0668. The maximum Gasteiger partial charge on any atom is 0.302 e. The van der Waals surface area contributed by atoms with E-state index in [0.29, 0.717) is 24.4 Å². The molecule has 0 aromatic rings. The molecule has 2 aliphatic heterocycles. The first-order valence-electron chi connectivity index (χ1n) is 17.4. The molecule has 5 aliphatic carbocycles. The minimum atomic E-state index is -1.33. The average molecular weight is 621 g/mol. The molecule has 2 heterocycles. The van der Waals surface area contributed by atoms with Gasteiger partial charge >= 0.3 is 5.97 Å². The number of hydrogen-bond acceptors (Lipinski definition) is 9. The zero-order chi connectivity index (χ0) is 31.6. The van der Waals surface area contributed by atoms with Crippen molar-refractivity contribution in [3.8, 4) is 0 Å². The van der Waals surface area contributed by atoms with Crippen LogP contribution in [0.1, 0.15) is 99.8 Å². The predicted molar refractivity (Wildman–Crippen MR) is 160 cm³/mol. The monoisotopic (exact) mass is 620 g/mol. The summed E-state index contributed by atoms with van der Waals surface area (Å²) in [5.41, 5.74) is 0.126. The Bertz CT molecular complexity index is 1150. The normalized spacial score (nSPS) is 57.2. The van der Waals surface area contributed by atoms with Crippen molar-refractivity contribution in [1.29, 1.82) is 0 Å². The van der Waals surface area contributed by atoms with E-state index in [1.807, 2.05) is 6.92 Å². The molecule has 16 atom stereocenters. The molecule has 9 nitrogen and oxygen atoms in total. The van der Waals surface area contributed by atoms with Crippen LogP contribution in [0, 0.1) is 50.7 Å². The van der Waals surface area contributed by atoms with Crippen LogP contribution in [-0.2, 0) is 28.5 Å². The molecule has 0 bridgehead atoms. The summed E-state index contributed by atoms with van der Waals surface area (Å²) in [6.45, 7) is 16.1. The number of ether oxygens (including phenoxy) is 5. The van der Waals surface area contributed by atoms with E-state index in [1.165, 1.54) is 19.8 Å².